The molecule has 8 nitrogen and oxygen atoms in total. The smallest absolute Gasteiger partial charge is 0.342 e. The Bertz CT molecular complexity index is 675. The summed E-state index contributed by atoms with van der Waals surface area (Å²) in [7, 11) is 1.72. The number of nitro groups is 1. The number of hydrogen-bond acceptors (Lipinski definition) is 6. The molecule has 0 unspecified atom stereocenters. The van der Waals surface area contributed by atoms with Crippen LogP contribution < -0.4 is 4.90 Å². The Labute approximate surface area is 119 Å². The molecule has 21 heavy (non-hydrogen) atoms. The van der Waals surface area contributed by atoms with E-state index in [1.54, 1.807) is 24.3 Å². The number of nitrogens with zero attached hydrogens (tertiary/aromatic N) is 4. The second-order valence-corrected chi connectivity index (χ2v) is 4.33. The average molecular weight is 288 g/mol. The first-order valence-electron chi connectivity index (χ1n) is 5.97. The largest absolute Gasteiger partial charge is 0.477 e. The highest BCUT2D eigenvalue weighted by Gasteiger charge is 2.22. The highest BCUT2D eigenvalue weighted by atomic mass is 16.6. The molecule has 0 spiro atoms. The molecule has 108 valence electrons. The van der Waals surface area contributed by atoms with Crippen molar-refractivity contribution in [1.82, 2.24) is 9.97 Å². The molecule has 2 heterocycles. The zero-order valence-electron chi connectivity index (χ0n) is 11.1. The quantitative estimate of drug-likeness (QED) is 0.658. The molecule has 1 N–H and O–H groups in total. The van der Waals surface area contributed by atoms with Crippen LogP contribution in [0.25, 0.3) is 0 Å². The van der Waals surface area contributed by atoms with Crippen molar-refractivity contribution in [2.45, 2.75) is 6.54 Å². The maximum absolute atomic E-state index is 11.1. The van der Waals surface area contributed by atoms with E-state index in [0.29, 0.717) is 12.4 Å². The minimum Gasteiger partial charge on any atom is -0.477 e. The molecular weight excluding hydrogens is 276 g/mol. The Balaban J connectivity index is 2.30. The summed E-state index contributed by atoms with van der Waals surface area (Å²) in [5, 5.41) is 19.8. The van der Waals surface area contributed by atoms with Crippen LogP contribution >= 0.6 is 0 Å². The molecule has 0 aliphatic carbocycles. The van der Waals surface area contributed by atoms with Gasteiger partial charge in [-0.15, -0.1) is 0 Å². The first-order valence-corrected chi connectivity index (χ1v) is 5.97. The van der Waals surface area contributed by atoms with Crippen LogP contribution in [0.1, 0.15) is 15.9 Å². The number of aromatic carboxylic acids is 1. The third-order valence-electron chi connectivity index (χ3n) is 2.86. The van der Waals surface area contributed by atoms with Crippen LogP contribution in [0.15, 0.2) is 36.8 Å². The van der Waals surface area contributed by atoms with E-state index in [9.17, 15) is 14.9 Å². The van der Waals surface area contributed by atoms with Gasteiger partial charge in [-0.1, -0.05) is 0 Å². The van der Waals surface area contributed by atoms with Gasteiger partial charge < -0.3 is 10.0 Å². The van der Waals surface area contributed by atoms with Crippen LogP contribution in [-0.2, 0) is 6.54 Å². The summed E-state index contributed by atoms with van der Waals surface area (Å²) < 4.78 is 0. The molecule has 0 saturated carbocycles. The van der Waals surface area contributed by atoms with Crippen molar-refractivity contribution in [3.8, 4) is 0 Å². The molecule has 8 heteroatoms. The molecule has 0 amide bonds. The molecular formula is C13H12N4O4. The predicted octanol–water partition coefficient (Wildman–Crippen LogP) is 1.72. The topological polar surface area (TPSA) is 109 Å². The summed E-state index contributed by atoms with van der Waals surface area (Å²) >= 11 is 0. The summed E-state index contributed by atoms with van der Waals surface area (Å²) in [5.74, 6) is -1.02. The molecule has 0 aliphatic rings. The van der Waals surface area contributed by atoms with Crippen molar-refractivity contribution in [3.63, 3.8) is 0 Å². The lowest BCUT2D eigenvalue weighted by atomic mass is 10.2. The maximum Gasteiger partial charge on any atom is 0.342 e. The van der Waals surface area contributed by atoms with Crippen molar-refractivity contribution >= 4 is 17.5 Å². The Morgan fingerprint density at radius 1 is 1.43 bits per heavy atom. The van der Waals surface area contributed by atoms with Crippen LogP contribution in [0.2, 0.25) is 0 Å². The van der Waals surface area contributed by atoms with E-state index in [1.807, 2.05) is 12.1 Å². The summed E-state index contributed by atoms with van der Waals surface area (Å²) in [6, 6.07) is 4.83. The zero-order chi connectivity index (χ0) is 15.4. The lowest BCUT2D eigenvalue weighted by Gasteiger charge is -2.18. The van der Waals surface area contributed by atoms with Gasteiger partial charge >= 0.3 is 11.7 Å². The minimum absolute atomic E-state index is 0.342. The van der Waals surface area contributed by atoms with E-state index in [-0.39, 0.29) is 5.56 Å². The van der Waals surface area contributed by atoms with Gasteiger partial charge in [-0.3, -0.25) is 15.1 Å². The van der Waals surface area contributed by atoms with Crippen molar-refractivity contribution in [2.75, 3.05) is 11.9 Å². The lowest BCUT2D eigenvalue weighted by Crippen LogP contribution is -2.18. The van der Waals surface area contributed by atoms with E-state index in [4.69, 9.17) is 5.11 Å². The van der Waals surface area contributed by atoms with Crippen LogP contribution in [0, 0.1) is 10.1 Å². The lowest BCUT2D eigenvalue weighted by molar-refractivity contribution is -0.385. The number of carboxylic acids is 1. The number of hydrogen-bond donors (Lipinski definition) is 1. The minimum atomic E-state index is -1.36. The number of carboxylic acid groups (broad SMARTS) is 1. The van der Waals surface area contributed by atoms with Gasteiger partial charge in [0.1, 0.15) is 17.6 Å². The molecule has 0 saturated heterocycles. The van der Waals surface area contributed by atoms with Crippen molar-refractivity contribution < 1.29 is 14.8 Å². The van der Waals surface area contributed by atoms with Gasteiger partial charge in [0.15, 0.2) is 0 Å². The Morgan fingerprint density at radius 2 is 2.10 bits per heavy atom. The molecule has 0 aromatic carbocycles. The molecule has 2 rings (SSSR count). The zero-order valence-corrected chi connectivity index (χ0v) is 11.1. The van der Waals surface area contributed by atoms with Gasteiger partial charge in [0.2, 0.25) is 0 Å². The second kappa shape index (κ2) is 5.95. The predicted molar refractivity (Wildman–Crippen MR) is 74.2 cm³/mol. The normalized spacial score (nSPS) is 10.1. The summed E-state index contributed by atoms with van der Waals surface area (Å²) in [4.78, 5) is 30.7. The van der Waals surface area contributed by atoms with Gasteiger partial charge in [0, 0.05) is 32.1 Å². The molecule has 2 aromatic rings. The number of aromatic nitrogens is 2. The maximum atomic E-state index is 11.1. The highest BCUT2D eigenvalue weighted by molar-refractivity contribution is 5.93. The fourth-order valence-electron chi connectivity index (χ4n) is 1.81. The average Bonchev–Trinajstić information content (AvgIpc) is 2.47. The molecule has 0 bridgehead atoms. The van der Waals surface area contributed by atoms with Crippen LogP contribution in [0.4, 0.5) is 11.5 Å². The molecule has 2 aromatic heterocycles. The second-order valence-electron chi connectivity index (χ2n) is 4.33. The Hall–Kier alpha value is -3.03. The van der Waals surface area contributed by atoms with Gasteiger partial charge in [0.05, 0.1) is 4.92 Å². The van der Waals surface area contributed by atoms with E-state index in [2.05, 4.69) is 9.97 Å². The first-order chi connectivity index (χ1) is 9.99. The van der Waals surface area contributed by atoms with Gasteiger partial charge in [-0.2, -0.15) is 0 Å². The van der Waals surface area contributed by atoms with Gasteiger partial charge in [-0.25, -0.2) is 9.78 Å². The standard InChI is InChI=1S/C13H12N4O4/c1-16(8-9-2-4-14-5-3-9)12-6-10(13(18)19)11(7-15-12)17(20)21/h2-7H,8H2,1H3,(H,18,19). The van der Waals surface area contributed by atoms with E-state index in [0.717, 1.165) is 11.8 Å². The number of carbonyl (C=O) groups is 1. The summed E-state index contributed by atoms with van der Waals surface area (Å²) in [6.45, 7) is 0.479. The van der Waals surface area contributed by atoms with Crippen molar-refractivity contribution in [1.29, 1.82) is 0 Å². The van der Waals surface area contributed by atoms with Crippen LogP contribution in [0.3, 0.4) is 0 Å². The Morgan fingerprint density at radius 3 is 2.67 bits per heavy atom. The monoisotopic (exact) mass is 288 g/mol. The van der Waals surface area contributed by atoms with E-state index < -0.39 is 16.6 Å². The number of rotatable bonds is 5. The molecule has 0 atom stereocenters. The van der Waals surface area contributed by atoms with E-state index in [1.165, 1.54) is 6.07 Å². The number of anilines is 1. The summed E-state index contributed by atoms with van der Waals surface area (Å²) in [5.41, 5.74) is 0.0552. The van der Waals surface area contributed by atoms with Crippen molar-refractivity contribution in [3.05, 3.63) is 58.0 Å². The first kappa shape index (κ1) is 14.4. The van der Waals surface area contributed by atoms with Crippen LogP contribution in [0.5, 0.6) is 0 Å². The summed E-state index contributed by atoms with van der Waals surface area (Å²) in [6.07, 6.45) is 4.26. The molecule has 0 radical (unpaired) electrons. The Kier molecular flexibility index (Phi) is 4.07. The fourth-order valence-corrected chi connectivity index (χ4v) is 1.81. The molecule has 0 fully saturated rings. The number of pyridine rings is 2. The SMILES string of the molecule is CN(Cc1ccncc1)c1cc(C(=O)O)c([N+](=O)[O-])cn1. The van der Waals surface area contributed by atoms with Gasteiger partial charge in [0.25, 0.3) is 0 Å². The third kappa shape index (κ3) is 3.30. The van der Waals surface area contributed by atoms with Gasteiger partial charge in [-0.05, 0) is 17.7 Å². The van der Waals surface area contributed by atoms with Crippen molar-refractivity contribution in [2.24, 2.45) is 0 Å². The highest BCUT2D eigenvalue weighted by Crippen LogP contribution is 2.22. The molecule has 0 aliphatic heterocycles. The third-order valence-corrected chi connectivity index (χ3v) is 2.86. The van der Waals surface area contributed by atoms with E-state index >= 15 is 0 Å². The fraction of sp³-hybridized carbons (Fsp3) is 0.154. The van der Waals surface area contributed by atoms with Crippen LogP contribution in [-0.4, -0.2) is 33.0 Å².